The Morgan fingerprint density at radius 2 is 1.68 bits per heavy atom. The number of esters is 1. The Kier molecular flexibility index (Phi) is 7.52. The van der Waals surface area contributed by atoms with Gasteiger partial charge in [-0.2, -0.15) is 0 Å². The standard InChI is InChI=1S/C31H28ClNO4/c32-29-20-23(33(35)36)17-18-26(29)28(19-21-9-2-1-3-10-21)31(34)37-30-16-7-6-14-27(30)25-15-8-12-22-11-4-5-13-24(22)25/h1-5,8-13,15,17-18,20,27-28,30H,6-7,14,16,19H2/t27-,28+,30+/m0/s1. The van der Waals surface area contributed by atoms with Gasteiger partial charge in [-0.15, -0.1) is 0 Å². The molecule has 5 nitrogen and oxygen atoms in total. The summed E-state index contributed by atoms with van der Waals surface area (Å²) in [5.41, 5.74) is 2.61. The number of rotatable bonds is 7. The summed E-state index contributed by atoms with van der Waals surface area (Å²) >= 11 is 6.50. The second-order valence-corrected chi connectivity index (χ2v) is 10.0. The van der Waals surface area contributed by atoms with Crippen LogP contribution < -0.4 is 0 Å². The maximum atomic E-state index is 13.8. The van der Waals surface area contributed by atoms with Crippen molar-refractivity contribution in [2.75, 3.05) is 0 Å². The van der Waals surface area contributed by atoms with Gasteiger partial charge in [0.15, 0.2) is 0 Å². The lowest BCUT2D eigenvalue weighted by Crippen LogP contribution is -2.31. The number of carbonyl (C=O) groups is 1. The molecule has 0 N–H and O–H groups in total. The molecule has 6 heteroatoms. The van der Waals surface area contributed by atoms with Crippen LogP contribution in [0.15, 0.2) is 91.0 Å². The molecule has 1 aliphatic carbocycles. The van der Waals surface area contributed by atoms with Gasteiger partial charge in [0, 0.05) is 18.1 Å². The Hall–Kier alpha value is -3.70. The highest BCUT2D eigenvalue weighted by atomic mass is 35.5. The average molecular weight is 514 g/mol. The van der Waals surface area contributed by atoms with E-state index in [1.807, 2.05) is 42.5 Å². The molecule has 0 saturated heterocycles. The third-order valence-corrected chi connectivity index (χ3v) is 7.66. The van der Waals surface area contributed by atoms with Crippen LogP contribution >= 0.6 is 11.6 Å². The molecule has 37 heavy (non-hydrogen) atoms. The van der Waals surface area contributed by atoms with Gasteiger partial charge in [-0.05, 0) is 59.2 Å². The van der Waals surface area contributed by atoms with Gasteiger partial charge in [0.1, 0.15) is 6.10 Å². The lowest BCUT2D eigenvalue weighted by Gasteiger charge is -2.33. The zero-order valence-corrected chi connectivity index (χ0v) is 21.1. The first-order chi connectivity index (χ1) is 18.0. The number of fused-ring (bicyclic) bond motifs is 1. The summed E-state index contributed by atoms with van der Waals surface area (Å²) < 4.78 is 6.30. The highest BCUT2D eigenvalue weighted by Crippen LogP contribution is 2.40. The van der Waals surface area contributed by atoms with Crippen molar-refractivity contribution in [3.63, 3.8) is 0 Å². The van der Waals surface area contributed by atoms with E-state index in [1.54, 1.807) is 6.07 Å². The first-order valence-electron chi connectivity index (χ1n) is 12.7. The molecule has 0 radical (unpaired) electrons. The Bertz CT molecular complexity index is 1420. The second-order valence-electron chi connectivity index (χ2n) is 9.64. The smallest absolute Gasteiger partial charge is 0.314 e. The summed E-state index contributed by atoms with van der Waals surface area (Å²) in [5.74, 6) is -0.920. The molecule has 0 amide bonds. The third kappa shape index (κ3) is 5.52. The summed E-state index contributed by atoms with van der Waals surface area (Å²) in [6.07, 6.45) is 3.98. The predicted molar refractivity (Wildman–Crippen MR) is 146 cm³/mol. The summed E-state index contributed by atoms with van der Waals surface area (Å²) in [5, 5.41) is 13.8. The van der Waals surface area contributed by atoms with Crippen LogP contribution in [0.25, 0.3) is 10.8 Å². The second kappa shape index (κ2) is 11.1. The van der Waals surface area contributed by atoms with Gasteiger partial charge in [-0.25, -0.2) is 0 Å². The molecule has 5 rings (SSSR count). The van der Waals surface area contributed by atoms with E-state index in [0.717, 1.165) is 31.2 Å². The van der Waals surface area contributed by atoms with E-state index in [9.17, 15) is 14.9 Å². The van der Waals surface area contributed by atoms with E-state index in [1.165, 1.54) is 28.5 Å². The maximum absolute atomic E-state index is 13.8. The van der Waals surface area contributed by atoms with Crippen molar-refractivity contribution < 1.29 is 14.5 Å². The largest absolute Gasteiger partial charge is 0.461 e. The van der Waals surface area contributed by atoms with Gasteiger partial charge in [0.25, 0.3) is 5.69 Å². The fourth-order valence-corrected chi connectivity index (χ4v) is 5.79. The fraction of sp³-hybridized carbons (Fsp3) is 0.258. The number of non-ortho nitro benzene ring substituents is 1. The molecular weight excluding hydrogens is 486 g/mol. The van der Waals surface area contributed by atoms with Crippen LogP contribution in [0.3, 0.4) is 0 Å². The SMILES string of the molecule is O=C(O[C@@H]1CCCC[C@H]1c1cccc2ccccc12)[C@H](Cc1ccccc1)c1ccc([N+](=O)[O-])cc1Cl. The number of ether oxygens (including phenoxy) is 1. The van der Waals surface area contributed by atoms with Crippen LogP contribution in [0.1, 0.15) is 54.2 Å². The maximum Gasteiger partial charge on any atom is 0.314 e. The molecule has 0 bridgehead atoms. The lowest BCUT2D eigenvalue weighted by molar-refractivity contribution is -0.384. The minimum Gasteiger partial charge on any atom is -0.461 e. The molecule has 4 aromatic carbocycles. The lowest BCUT2D eigenvalue weighted by atomic mass is 9.79. The molecule has 0 heterocycles. The zero-order valence-electron chi connectivity index (χ0n) is 20.4. The number of nitro benzene ring substituents is 1. The van der Waals surface area contributed by atoms with Crippen molar-refractivity contribution >= 4 is 34.0 Å². The van der Waals surface area contributed by atoms with E-state index in [0.29, 0.717) is 12.0 Å². The van der Waals surface area contributed by atoms with Crippen LogP contribution in [-0.4, -0.2) is 17.0 Å². The summed E-state index contributed by atoms with van der Waals surface area (Å²) in [6.45, 7) is 0. The topological polar surface area (TPSA) is 69.4 Å². The average Bonchev–Trinajstić information content (AvgIpc) is 2.92. The van der Waals surface area contributed by atoms with Crippen molar-refractivity contribution in [1.29, 1.82) is 0 Å². The Labute approximate surface area is 221 Å². The molecule has 0 spiro atoms. The van der Waals surface area contributed by atoms with Gasteiger partial charge < -0.3 is 4.74 Å². The van der Waals surface area contributed by atoms with E-state index in [-0.39, 0.29) is 28.7 Å². The molecule has 1 saturated carbocycles. The van der Waals surface area contributed by atoms with Crippen molar-refractivity contribution in [2.45, 2.75) is 50.0 Å². The summed E-state index contributed by atoms with van der Waals surface area (Å²) in [7, 11) is 0. The molecule has 0 aromatic heterocycles. The Balaban J connectivity index is 1.46. The van der Waals surface area contributed by atoms with E-state index < -0.39 is 10.8 Å². The molecule has 1 aliphatic rings. The van der Waals surface area contributed by atoms with Crippen LogP contribution in [0.5, 0.6) is 0 Å². The van der Waals surface area contributed by atoms with Crippen molar-refractivity contribution in [2.24, 2.45) is 0 Å². The fourth-order valence-electron chi connectivity index (χ4n) is 5.48. The molecular formula is C31H28ClNO4. The Morgan fingerprint density at radius 3 is 2.46 bits per heavy atom. The van der Waals surface area contributed by atoms with Gasteiger partial charge in [0.05, 0.1) is 15.9 Å². The van der Waals surface area contributed by atoms with Gasteiger partial charge in [0.2, 0.25) is 0 Å². The zero-order chi connectivity index (χ0) is 25.8. The summed E-state index contributed by atoms with van der Waals surface area (Å²) in [6, 6.07) is 28.6. The van der Waals surface area contributed by atoms with Gasteiger partial charge in [-0.1, -0.05) is 90.8 Å². The number of halogens is 1. The minimum atomic E-state index is -0.675. The molecule has 3 atom stereocenters. The number of nitrogens with zero attached hydrogens (tertiary/aromatic N) is 1. The summed E-state index contributed by atoms with van der Waals surface area (Å²) in [4.78, 5) is 24.6. The quantitative estimate of drug-likeness (QED) is 0.142. The number of hydrogen-bond donors (Lipinski definition) is 0. The molecule has 0 aliphatic heterocycles. The number of hydrogen-bond acceptors (Lipinski definition) is 4. The van der Waals surface area contributed by atoms with Crippen LogP contribution in [0.4, 0.5) is 5.69 Å². The van der Waals surface area contributed by atoms with Gasteiger partial charge in [-0.3, -0.25) is 14.9 Å². The molecule has 0 unspecified atom stereocenters. The molecule has 188 valence electrons. The van der Waals surface area contributed by atoms with E-state index >= 15 is 0 Å². The monoisotopic (exact) mass is 513 g/mol. The highest BCUT2D eigenvalue weighted by Gasteiger charge is 2.34. The van der Waals surface area contributed by atoms with Crippen LogP contribution in [0, 0.1) is 10.1 Å². The minimum absolute atomic E-state index is 0.105. The van der Waals surface area contributed by atoms with Crippen molar-refractivity contribution in [1.82, 2.24) is 0 Å². The first-order valence-corrected chi connectivity index (χ1v) is 13.0. The van der Waals surface area contributed by atoms with Crippen molar-refractivity contribution in [3.8, 4) is 0 Å². The van der Waals surface area contributed by atoms with Crippen LogP contribution in [0.2, 0.25) is 5.02 Å². The number of nitro groups is 1. The van der Waals surface area contributed by atoms with Crippen LogP contribution in [-0.2, 0) is 16.0 Å². The van der Waals surface area contributed by atoms with Crippen molar-refractivity contribution in [3.05, 3.63) is 123 Å². The van der Waals surface area contributed by atoms with E-state index in [2.05, 4.69) is 30.3 Å². The Morgan fingerprint density at radius 1 is 0.946 bits per heavy atom. The highest BCUT2D eigenvalue weighted by molar-refractivity contribution is 6.31. The van der Waals surface area contributed by atoms with Gasteiger partial charge >= 0.3 is 5.97 Å². The third-order valence-electron chi connectivity index (χ3n) is 7.33. The molecule has 1 fully saturated rings. The normalized spacial score (nSPS) is 18.3. The molecule has 4 aromatic rings. The number of benzene rings is 4. The predicted octanol–water partition coefficient (Wildman–Crippen LogP) is 8.00. The van der Waals surface area contributed by atoms with E-state index in [4.69, 9.17) is 16.3 Å². The number of carbonyl (C=O) groups excluding carboxylic acids is 1. The first kappa shape index (κ1) is 25.0.